The van der Waals surface area contributed by atoms with E-state index in [1.54, 1.807) is 6.20 Å². The summed E-state index contributed by atoms with van der Waals surface area (Å²) in [6.07, 6.45) is 3.96. The molecule has 3 N–H and O–H groups in total. The highest BCUT2D eigenvalue weighted by Gasteiger charge is 1.99. The Morgan fingerprint density at radius 3 is 3.00 bits per heavy atom. The van der Waals surface area contributed by atoms with Crippen LogP contribution in [0.5, 0.6) is 0 Å². The molecule has 0 radical (unpaired) electrons. The largest absolute Gasteiger partial charge is 0.369 e. The zero-order chi connectivity index (χ0) is 9.52. The lowest BCUT2D eigenvalue weighted by molar-refractivity contribution is 0.626. The van der Waals surface area contributed by atoms with Gasteiger partial charge in [-0.1, -0.05) is 19.4 Å². The highest BCUT2D eigenvalue weighted by atomic mass is 15.0. The van der Waals surface area contributed by atoms with Crippen molar-refractivity contribution in [1.29, 1.82) is 0 Å². The van der Waals surface area contributed by atoms with Gasteiger partial charge in [-0.05, 0) is 18.6 Å². The standard InChI is InChI=1S/C10H17N3/c1-2-5-9(11)8-13-10-6-3-4-7-12-10/h3-4,6-7,9H,2,5,8,11H2,1H3,(H,12,13). The molecule has 13 heavy (non-hydrogen) atoms. The van der Waals surface area contributed by atoms with Crippen molar-refractivity contribution in [2.75, 3.05) is 11.9 Å². The van der Waals surface area contributed by atoms with Gasteiger partial charge in [0, 0.05) is 18.8 Å². The summed E-state index contributed by atoms with van der Waals surface area (Å²) in [7, 11) is 0. The first-order valence-corrected chi connectivity index (χ1v) is 4.73. The lowest BCUT2D eigenvalue weighted by Gasteiger charge is -2.11. The fourth-order valence-electron chi connectivity index (χ4n) is 1.18. The first kappa shape index (κ1) is 9.99. The normalized spacial score (nSPS) is 12.5. The van der Waals surface area contributed by atoms with E-state index in [1.807, 2.05) is 18.2 Å². The van der Waals surface area contributed by atoms with Gasteiger partial charge < -0.3 is 11.1 Å². The van der Waals surface area contributed by atoms with Gasteiger partial charge in [-0.25, -0.2) is 4.98 Å². The maximum absolute atomic E-state index is 5.84. The van der Waals surface area contributed by atoms with E-state index in [0.29, 0.717) is 0 Å². The summed E-state index contributed by atoms with van der Waals surface area (Å²) >= 11 is 0. The molecule has 0 amide bonds. The summed E-state index contributed by atoms with van der Waals surface area (Å²) in [6, 6.07) is 6.03. The molecule has 1 rings (SSSR count). The van der Waals surface area contributed by atoms with Crippen molar-refractivity contribution in [2.45, 2.75) is 25.8 Å². The maximum atomic E-state index is 5.84. The predicted octanol–water partition coefficient (Wildman–Crippen LogP) is 1.62. The number of nitrogens with zero attached hydrogens (tertiary/aromatic N) is 1. The third-order valence-corrected chi connectivity index (χ3v) is 1.87. The van der Waals surface area contributed by atoms with Crippen LogP contribution in [0.25, 0.3) is 0 Å². The molecule has 0 aromatic carbocycles. The van der Waals surface area contributed by atoms with E-state index in [-0.39, 0.29) is 6.04 Å². The molecule has 1 aromatic rings. The number of aromatic nitrogens is 1. The molecule has 0 bridgehead atoms. The number of pyridine rings is 1. The van der Waals surface area contributed by atoms with E-state index < -0.39 is 0 Å². The average Bonchev–Trinajstić information content (AvgIpc) is 2.17. The number of anilines is 1. The summed E-state index contributed by atoms with van der Waals surface area (Å²) in [5.41, 5.74) is 5.84. The summed E-state index contributed by atoms with van der Waals surface area (Å²) < 4.78 is 0. The van der Waals surface area contributed by atoms with Crippen molar-refractivity contribution in [1.82, 2.24) is 4.98 Å². The molecule has 0 fully saturated rings. The van der Waals surface area contributed by atoms with Crippen molar-refractivity contribution in [3.8, 4) is 0 Å². The minimum atomic E-state index is 0.229. The van der Waals surface area contributed by atoms with Crippen LogP contribution >= 0.6 is 0 Å². The van der Waals surface area contributed by atoms with Gasteiger partial charge in [-0.2, -0.15) is 0 Å². The number of rotatable bonds is 5. The van der Waals surface area contributed by atoms with Crippen molar-refractivity contribution in [3.63, 3.8) is 0 Å². The van der Waals surface area contributed by atoms with Crippen molar-refractivity contribution in [2.24, 2.45) is 5.73 Å². The monoisotopic (exact) mass is 179 g/mol. The number of hydrogen-bond acceptors (Lipinski definition) is 3. The van der Waals surface area contributed by atoms with E-state index in [2.05, 4.69) is 17.2 Å². The molecule has 0 spiro atoms. The van der Waals surface area contributed by atoms with Crippen LogP contribution in [0.3, 0.4) is 0 Å². The van der Waals surface area contributed by atoms with E-state index in [0.717, 1.165) is 25.2 Å². The highest BCUT2D eigenvalue weighted by Crippen LogP contribution is 2.00. The fourth-order valence-corrected chi connectivity index (χ4v) is 1.18. The van der Waals surface area contributed by atoms with Crippen molar-refractivity contribution in [3.05, 3.63) is 24.4 Å². The molecule has 3 nitrogen and oxygen atoms in total. The van der Waals surface area contributed by atoms with Crippen molar-refractivity contribution >= 4 is 5.82 Å². The van der Waals surface area contributed by atoms with Gasteiger partial charge in [-0.15, -0.1) is 0 Å². The van der Waals surface area contributed by atoms with Gasteiger partial charge in [0.25, 0.3) is 0 Å². The summed E-state index contributed by atoms with van der Waals surface area (Å²) in [4.78, 5) is 4.14. The zero-order valence-corrected chi connectivity index (χ0v) is 8.03. The molecule has 0 saturated carbocycles. The van der Waals surface area contributed by atoms with E-state index in [9.17, 15) is 0 Å². The Balaban J connectivity index is 2.27. The van der Waals surface area contributed by atoms with Crippen LogP contribution in [0.1, 0.15) is 19.8 Å². The first-order valence-electron chi connectivity index (χ1n) is 4.73. The maximum Gasteiger partial charge on any atom is 0.125 e. The van der Waals surface area contributed by atoms with Crippen LogP contribution < -0.4 is 11.1 Å². The quantitative estimate of drug-likeness (QED) is 0.722. The number of hydrogen-bond donors (Lipinski definition) is 2. The van der Waals surface area contributed by atoms with Gasteiger partial charge in [0.05, 0.1) is 0 Å². The Bertz CT molecular complexity index is 223. The van der Waals surface area contributed by atoms with Crippen LogP contribution in [0.15, 0.2) is 24.4 Å². The second kappa shape index (κ2) is 5.54. The Morgan fingerprint density at radius 1 is 1.54 bits per heavy atom. The second-order valence-corrected chi connectivity index (χ2v) is 3.14. The summed E-state index contributed by atoms with van der Waals surface area (Å²) in [5, 5.41) is 3.19. The van der Waals surface area contributed by atoms with E-state index >= 15 is 0 Å². The molecular formula is C10H17N3. The minimum Gasteiger partial charge on any atom is -0.369 e. The van der Waals surface area contributed by atoms with Gasteiger partial charge in [0.15, 0.2) is 0 Å². The van der Waals surface area contributed by atoms with Gasteiger partial charge >= 0.3 is 0 Å². The number of nitrogens with one attached hydrogen (secondary N) is 1. The SMILES string of the molecule is CCCC(N)CNc1ccccn1. The summed E-state index contributed by atoms with van der Waals surface area (Å²) in [5.74, 6) is 0.897. The Labute approximate surface area is 79.4 Å². The average molecular weight is 179 g/mol. The molecule has 72 valence electrons. The van der Waals surface area contributed by atoms with Gasteiger partial charge in [0.1, 0.15) is 5.82 Å². The first-order chi connectivity index (χ1) is 6.33. The topological polar surface area (TPSA) is 50.9 Å². The third kappa shape index (κ3) is 3.90. The smallest absolute Gasteiger partial charge is 0.125 e. The zero-order valence-electron chi connectivity index (χ0n) is 8.03. The highest BCUT2D eigenvalue weighted by molar-refractivity contribution is 5.33. The Kier molecular flexibility index (Phi) is 4.26. The molecule has 1 unspecified atom stereocenters. The Hall–Kier alpha value is -1.09. The predicted molar refractivity (Wildman–Crippen MR) is 55.6 cm³/mol. The molecule has 1 atom stereocenters. The second-order valence-electron chi connectivity index (χ2n) is 3.14. The van der Waals surface area contributed by atoms with E-state index in [4.69, 9.17) is 5.73 Å². The van der Waals surface area contributed by atoms with Crippen LogP contribution in [-0.2, 0) is 0 Å². The molecule has 0 aliphatic carbocycles. The van der Waals surface area contributed by atoms with Crippen molar-refractivity contribution < 1.29 is 0 Å². The molecule has 0 aliphatic heterocycles. The van der Waals surface area contributed by atoms with Crippen LogP contribution in [-0.4, -0.2) is 17.6 Å². The summed E-state index contributed by atoms with van der Waals surface area (Å²) in [6.45, 7) is 2.94. The van der Waals surface area contributed by atoms with Gasteiger partial charge in [0.2, 0.25) is 0 Å². The third-order valence-electron chi connectivity index (χ3n) is 1.87. The molecular weight excluding hydrogens is 162 g/mol. The lowest BCUT2D eigenvalue weighted by atomic mass is 10.2. The Morgan fingerprint density at radius 2 is 2.38 bits per heavy atom. The van der Waals surface area contributed by atoms with Crippen LogP contribution in [0, 0.1) is 0 Å². The molecule has 0 saturated heterocycles. The van der Waals surface area contributed by atoms with E-state index in [1.165, 1.54) is 0 Å². The lowest BCUT2D eigenvalue weighted by Crippen LogP contribution is -2.28. The molecule has 3 heteroatoms. The molecule has 1 heterocycles. The van der Waals surface area contributed by atoms with Gasteiger partial charge in [-0.3, -0.25) is 0 Å². The molecule has 0 aliphatic rings. The number of nitrogens with two attached hydrogens (primary N) is 1. The fraction of sp³-hybridized carbons (Fsp3) is 0.500. The minimum absolute atomic E-state index is 0.229. The van der Waals surface area contributed by atoms with Crippen LogP contribution in [0.4, 0.5) is 5.82 Å². The molecule has 1 aromatic heterocycles. The van der Waals surface area contributed by atoms with Crippen LogP contribution in [0.2, 0.25) is 0 Å².